The molecule has 0 atom stereocenters. The van der Waals surface area contributed by atoms with Crippen LogP contribution in [0.2, 0.25) is 5.02 Å². The van der Waals surface area contributed by atoms with Gasteiger partial charge in [-0.1, -0.05) is 41.4 Å². The second-order valence-electron chi connectivity index (χ2n) is 7.96. The third-order valence-electron chi connectivity index (χ3n) is 5.40. The lowest BCUT2D eigenvalue weighted by molar-refractivity contribution is -0.122. The number of urea groups is 1. The number of carbonyl (C=O) groups is 4. The van der Waals surface area contributed by atoms with Crippen LogP contribution in [0.5, 0.6) is 5.75 Å². The molecule has 0 bridgehead atoms. The minimum atomic E-state index is -0.907. The fourth-order valence-corrected chi connectivity index (χ4v) is 3.82. The Morgan fingerprint density at radius 3 is 2.47 bits per heavy atom. The van der Waals surface area contributed by atoms with Crippen molar-refractivity contribution in [2.24, 2.45) is 0 Å². The Bertz CT molecular complexity index is 1400. The topological polar surface area (TPSA) is 102 Å². The van der Waals surface area contributed by atoms with Crippen molar-refractivity contribution in [3.05, 3.63) is 99.6 Å². The Morgan fingerprint density at radius 1 is 1.03 bits per heavy atom. The molecule has 1 saturated heterocycles. The highest BCUT2D eigenvalue weighted by molar-refractivity contribution is 6.39. The first-order valence-electron chi connectivity index (χ1n) is 10.8. The van der Waals surface area contributed by atoms with Gasteiger partial charge < -0.3 is 9.47 Å². The largest absolute Gasteiger partial charge is 0.488 e. The number of ether oxygens (including phenoxy) is 2. The maximum atomic E-state index is 13.2. The van der Waals surface area contributed by atoms with E-state index in [-0.39, 0.29) is 23.4 Å². The van der Waals surface area contributed by atoms with Gasteiger partial charge in [0.05, 0.1) is 18.4 Å². The molecule has 3 aromatic rings. The summed E-state index contributed by atoms with van der Waals surface area (Å²) in [4.78, 5) is 50.9. The maximum absolute atomic E-state index is 13.2. The number of halogens is 1. The van der Waals surface area contributed by atoms with Crippen molar-refractivity contribution in [1.29, 1.82) is 0 Å². The Morgan fingerprint density at radius 2 is 1.78 bits per heavy atom. The number of imide groups is 2. The first-order chi connectivity index (χ1) is 17.3. The standard InChI is InChI=1S/C27H21ClN2O6/c1-16-4-3-5-17(12-16)15-36-23-11-8-20(28)13-19(23)14-22-24(31)29-27(34)30(25(22)32)21-9-6-18(7-10-21)26(33)35-2/h3-14H,15H2,1-2H3,(H,29,31,34)/b22-14+. The van der Waals surface area contributed by atoms with E-state index in [0.717, 1.165) is 16.0 Å². The van der Waals surface area contributed by atoms with Gasteiger partial charge in [-0.15, -0.1) is 0 Å². The van der Waals surface area contributed by atoms with E-state index in [4.69, 9.17) is 16.3 Å². The number of rotatable bonds is 6. The number of hydrogen-bond donors (Lipinski definition) is 1. The molecule has 3 aromatic carbocycles. The zero-order chi connectivity index (χ0) is 25.8. The highest BCUT2D eigenvalue weighted by Gasteiger charge is 2.37. The van der Waals surface area contributed by atoms with Crippen molar-refractivity contribution in [3.8, 4) is 5.75 Å². The van der Waals surface area contributed by atoms with E-state index in [1.54, 1.807) is 18.2 Å². The number of nitrogens with one attached hydrogen (secondary N) is 1. The normalized spacial score (nSPS) is 14.6. The summed E-state index contributed by atoms with van der Waals surface area (Å²) in [7, 11) is 1.25. The fraction of sp³-hybridized carbons (Fsp3) is 0.111. The predicted octanol–water partition coefficient (Wildman–Crippen LogP) is 4.68. The molecule has 1 aliphatic rings. The summed E-state index contributed by atoms with van der Waals surface area (Å²) >= 11 is 6.17. The third kappa shape index (κ3) is 5.29. The zero-order valence-electron chi connectivity index (χ0n) is 19.4. The number of benzene rings is 3. The van der Waals surface area contributed by atoms with E-state index < -0.39 is 23.8 Å². The lowest BCUT2D eigenvalue weighted by atomic mass is 10.1. The maximum Gasteiger partial charge on any atom is 0.337 e. The van der Waals surface area contributed by atoms with Crippen LogP contribution >= 0.6 is 11.6 Å². The monoisotopic (exact) mass is 504 g/mol. The highest BCUT2D eigenvalue weighted by atomic mass is 35.5. The van der Waals surface area contributed by atoms with Crippen LogP contribution in [0, 0.1) is 6.92 Å². The molecule has 0 unspecified atom stereocenters. The molecule has 36 heavy (non-hydrogen) atoms. The molecule has 0 spiro atoms. The van der Waals surface area contributed by atoms with Crippen LogP contribution in [0.25, 0.3) is 6.08 Å². The van der Waals surface area contributed by atoms with Crippen LogP contribution in [0.1, 0.15) is 27.0 Å². The van der Waals surface area contributed by atoms with Gasteiger partial charge >= 0.3 is 12.0 Å². The molecule has 1 N–H and O–H groups in total. The average Bonchev–Trinajstić information content (AvgIpc) is 2.86. The van der Waals surface area contributed by atoms with Crippen molar-refractivity contribution < 1.29 is 28.7 Å². The van der Waals surface area contributed by atoms with Gasteiger partial charge in [-0.2, -0.15) is 0 Å². The number of amides is 4. The molecule has 1 fully saturated rings. The Labute approximate surface area is 212 Å². The number of barbiturate groups is 1. The number of methoxy groups -OCH3 is 1. The molecule has 0 radical (unpaired) electrons. The van der Waals surface area contributed by atoms with Crippen LogP contribution in [0.3, 0.4) is 0 Å². The average molecular weight is 505 g/mol. The quantitative estimate of drug-likeness (QED) is 0.297. The van der Waals surface area contributed by atoms with Gasteiger partial charge in [-0.3, -0.25) is 14.9 Å². The van der Waals surface area contributed by atoms with Crippen LogP contribution in [-0.4, -0.2) is 30.9 Å². The third-order valence-corrected chi connectivity index (χ3v) is 5.63. The van der Waals surface area contributed by atoms with E-state index in [1.165, 1.54) is 37.5 Å². The van der Waals surface area contributed by atoms with Crippen LogP contribution in [0.4, 0.5) is 10.5 Å². The molecule has 0 aromatic heterocycles. The fourth-order valence-electron chi connectivity index (χ4n) is 3.64. The van der Waals surface area contributed by atoms with Crippen LogP contribution in [0.15, 0.2) is 72.3 Å². The first kappa shape index (κ1) is 24.7. The SMILES string of the molecule is COC(=O)c1ccc(N2C(=O)NC(=O)/C(=C\c3cc(Cl)ccc3OCc3cccc(C)c3)C2=O)cc1. The van der Waals surface area contributed by atoms with E-state index in [2.05, 4.69) is 10.1 Å². The van der Waals surface area contributed by atoms with Crippen LogP contribution in [-0.2, 0) is 20.9 Å². The summed E-state index contributed by atoms with van der Waals surface area (Å²) in [5, 5.41) is 2.54. The van der Waals surface area contributed by atoms with E-state index >= 15 is 0 Å². The van der Waals surface area contributed by atoms with Gasteiger partial charge in [0.25, 0.3) is 11.8 Å². The van der Waals surface area contributed by atoms with Crippen molar-refractivity contribution >= 4 is 47.2 Å². The summed E-state index contributed by atoms with van der Waals surface area (Å²) in [5.74, 6) is -1.85. The van der Waals surface area contributed by atoms with E-state index in [0.29, 0.717) is 16.3 Å². The second kappa shape index (κ2) is 10.5. The minimum Gasteiger partial charge on any atom is -0.488 e. The molecule has 1 heterocycles. The van der Waals surface area contributed by atoms with E-state index in [9.17, 15) is 19.2 Å². The molecule has 182 valence electrons. The molecule has 9 heteroatoms. The number of nitrogens with zero attached hydrogens (tertiary/aromatic N) is 1. The molecule has 4 amide bonds. The molecule has 1 aliphatic heterocycles. The van der Waals surface area contributed by atoms with E-state index in [1.807, 2.05) is 31.2 Å². The lowest BCUT2D eigenvalue weighted by Gasteiger charge is -2.26. The molecule has 0 aliphatic carbocycles. The summed E-state index contributed by atoms with van der Waals surface area (Å²) < 4.78 is 10.6. The Kier molecular flexibility index (Phi) is 7.17. The number of hydrogen-bond acceptors (Lipinski definition) is 6. The summed E-state index contributed by atoms with van der Waals surface area (Å²) in [6.45, 7) is 2.24. The molecule has 8 nitrogen and oxygen atoms in total. The van der Waals surface area contributed by atoms with Gasteiger partial charge in [0.1, 0.15) is 17.9 Å². The van der Waals surface area contributed by atoms with Gasteiger partial charge in [0.15, 0.2) is 0 Å². The number of anilines is 1. The number of aryl methyl sites for hydroxylation is 1. The molecular weight excluding hydrogens is 484 g/mol. The van der Waals surface area contributed by atoms with Gasteiger partial charge in [-0.25, -0.2) is 14.5 Å². The van der Waals surface area contributed by atoms with Gasteiger partial charge in [0, 0.05) is 10.6 Å². The Balaban J connectivity index is 1.65. The first-order valence-corrected chi connectivity index (χ1v) is 11.2. The summed E-state index contributed by atoms with van der Waals surface area (Å²) in [6.07, 6.45) is 1.33. The smallest absolute Gasteiger partial charge is 0.337 e. The highest BCUT2D eigenvalue weighted by Crippen LogP contribution is 2.29. The van der Waals surface area contributed by atoms with Crippen molar-refractivity contribution in [2.45, 2.75) is 13.5 Å². The van der Waals surface area contributed by atoms with Crippen molar-refractivity contribution in [3.63, 3.8) is 0 Å². The number of carbonyl (C=O) groups excluding carboxylic acids is 4. The van der Waals surface area contributed by atoms with Gasteiger partial charge in [-0.05, 0) is 61.0 Å². The predicted molar refractivity (Wildman–Crippen MR) is 134 cm³/mol. The lowest BCUT2D eigenvalue weighted by Crippen LogP contribution is -2.54. The van der Waals surface area contributed by atoms with Crippen LogP contribution < -0.4 is 15.0 Å². The Hall–Kier alpha value is -4.43. The van der Waals surface area contributed by atoms with Crippen molar-refractivity contribution in [2.75, 3.05) is 12.0 Å². The molecule has 0 saturated carbocycles. The van der Waals surface area contributed by atoms with Crippen molar-refractivity contribution in [1.82, 2.24) is 5.32 Å². The molecular formula is C27H21ClN2O6. The second-order valence-corrected chi connectivity index (χ2v) is 8.39. The summed E-state index contributed by atoms with van der Waals surface area (Å²) in [6, 6.07) is 17.4. The summed E-state index contributed by atoms with van der Waals surface area (Å²) in [5.41, 5.74) is 2.56. The van der Waals surface area contributed by atoms with Gasteiger partial charge in [0.2, 0.25) is 0 Å². The minimum absolute atomic E-state index is 0.172. The zero-order valence-corrected chi connectivity index (χ0v) is 20.2. The number of esters is 1. The molecule has 4 rings (SSSR count).